The van der Waals surface area contributed by atoms with Crippen LogP contribution in [0.5, 0.6) is 0 Å². The van der Waals surface area contributed by atoms with Gasteiger partial charge in [0, 0.05) is 20.7 Å². The SMILES string of the molecule is CC[C@H](C)[C@H](NC(=O)N(C)CC(=O)NCCOC)C(=O)O. The lowest BCUT2D eigenvalue weighted by Gasteiger charge is -2.24. The Morgan fingerprint density at radius 1 is 1.33 bits per heavy atom. The predicted octanol–water partition coefficient (Wildman–Crippen LogP) is -0.110. The minimum absolute atomic E-state index is 0.150. The number of nitrogens with one attached hydrogen (secondary N) is 2. The predicted molar refractivity (Wildman–Crippen MR) is 76.9 cm³/mol. The Hall–Kier alpha value is -1.83. The standard InChI is InChI=1S/C13H25N3O5/c1-5-9(2)11(12(18)19)15-13(20)16(3)8-10(17)14-6-7-21-4/h9,11H,5-8H2,1-4H3,(H,14,17)(H,15,20)(H,18,19)/t9-,11-/m0/s1. The van der Waals surface area contributed by atoms with Gasteiger partial charge in [-0.2, -0.15) is 0 Å². The summed E-state index contributed by atoms with van der Waals surface area (Å²) in [6, 6.07) is -1.56. The first-order valence-electron chi connectivity index (χ1n) is 6.83. The molecular weight excluding hydrogens is 278 g/mol. The van der Waals surface area contributed by atoms with E-state index in [1.54, 1.807) is 6.92 Å². The first kappa shape index (κ1) is 19.2. The fraction of sp³-hybridized carbons (Fsp3) is 0.769. The Kier molecular flexibility index (Phi) is 9.11. The number of carboxylic acids is 1. The zero-order chi connectivity index (χ0) is 16.4. The largest absolute Gasteiger partial charge is 0.480 e. The minimum atomic E-state index is -1.09. The van der Waals surface area contributed by atoms with Crippen LogP contribution in [0.4, 0.5) is 4.79 Å². The second-order valence-corrected chi connectivity index (χ2v) is 4.85. The molecule has 21 heavy (non-hydrogen) atoms. The number of methoxy groups -OCH3 is 1. The molecule has 0 spiro atoms. The molecule has 122 valence electrons. The molecule has 0 heterocycles. The fourth-order valence-corrected chi connectivity index (χ4v) is 1.56. The van der Waals surface area contributed by atoms with Crippen LogP contribution < -0.4 is 10.6 Å². The summed E-state index contributed by atoms with van der Waals surface area (Å²) in [6.45, 7) is 4.19. The molecule has 0 saturated heterocycles. The fourth-order valence-electron chi connectivity index (χ4n) is 1.56. The van der Waals surface area contributed by atoms with Crippen molar-refractivity contribution in [1.29, 1.82) is 0 Å². The van der Waals surface area contributed by atoms with Gasteiger partial charge in [0.05, 0.1) is 6.61 Å². The van der Waals surface area contributed by atoms with Crippen LogP contribution in [0.3, 0.4) is 0 Å². The van der Waals surface area contributed by atoms with E-state index in [-0.39, 0.29) is 18.4 Å². The summed E-state index contributed by atoms with van der Waals surface area (Å²) >= 11 is 0. The van der Waals surface area contributed by atoms with Crippen LogP contribution in [-0.4, -0.2) is 67.8 Å². The molecule has 0 aromatic rings. The maximum atomic E-state index is 11.9. The molecule has 0 aromatic heterocycles. The number of hydrogen-bond acceptors (Lipinski definition) is 4. The zero-order valence-electron chi connectivity index (χ0n) is 13.0. The summed E-state index contributed by atoms with van der Waals surface area (Å²) in [6.07, 6.45) is 0.623. The van der Waals surface area contributed by atoms with Gasteiger partial charge < -0.3 is 25.4 Å². The second-order valence-electron chi connectivity index (χ2n) is 4.85. The van der Waals surface area contributed by atoms with Crippen LogP contribution in [0.15, 0.2) is 0 Å². The lowest BCUT2D eigenvalue weighted by atomic mass is 9.99. The number of carbonyl (C=O) groups is 3. The van der Waals surface area contributed by atoms with Gasteiger partial charge in [0.15, 0.2) is 0 Å². The quantitative estimate of drug-likeness (QED) is 0.515. The lowest BCUT2D eigenvalue weighted by molar-refractivity contribution is -0.140. The number of amides is 3. The third kappa shape index (κ3) is 7.50. The molecule has 0 unspecified atom stereocenters. The van der Waals surface area contributed by atoms with Crippen molar-refractivity contribution in [2.45, 2.75) is 26.3 Å². The highest BCUT2D eigenvalue weighted by atomic mass is 16.5. The van der Waals surface area contributed by atoms with E-state index in [0.717, 1.165) is 4.90 Å². The number of urea groups is 1. The zero-order valence-corrected chi connectivity index (χ0v) is 13.0. The van der Waals surface area contributed by atoms with Gasteiger partial charge in [-0.15, -0.1) is 0 Å². The molecular formula is C13H25N3O5. The smallest absolute Gasteiger partial charge is 0.326 e. The maximum Gasteiger partial charge on any atom is 0.326 e. The summed E-state index contributed by atoms with van der Waals surface area (Å²) in [5, 5.41) is 14.1. The van der Waals surface area contributed by atoms with Gasteiger partial charge in [0.1, 0.15) is 12.6 Å². The average Bonchev–Trinajstić information content (AvgIpc) is 2.43. The van der Waals surface area contributed by atoms with Gasteiger partial charge in [-0.25, -0.2) is 9.59 Å². The molecule has 0 fully saturated rings. The molecule has 0 aliphatic heterocycles. The summed E-state index contributed by atoms with van der Waals surface area (Å²) in [4.78, 5) is 35.7. The molecule has 3 N–H and O–H groups in total. The van der Waals surface area contributed by atoms with Crippen LogP contribution in [0.25, 0.3) is 0 Å². The van der Waals surface area contributed by atoms with Crippen LogP contribution in [0.2, 0.25) is 0 Å². The van der Waals surface area contributed by atoms with Gasteiger partial charge in [-0.05, 0) is 5.92 Å². The monoisotopic (exact) mass is 303 g/mol. The molecule has 0 bridgehead atoms. The van der Waals surface area contributed by atoms with E-state index in [9.17, 15) is 14.4 Å². The third-order valence-corrected chi connectivity index (χ3v) is 3.11. The number of rotatable bonds is 9. The first-order valence-corrected chi connectivity index (χ1v) is 6.83. The minimum Gasteiger partial charge on any atom is -0.480 e. The highest BCUT2D eigenvalue weighted by Crippen LogP contribution is 2.08. The molecule has 3 amide bonds. The van der Waals surface area contributed by atoms with Crippen molar-refractivity contribution in [3.8, 4) is 0 Å². The summed E-state index contributed by atoms with van der Waals surface area (Å²) in [5.41, 5.74) is 0. The molecule has 0 aliphatic rings. The normalized spacial score (nSPS) is 13.1. The van der Waals surface area contributed by atoms with E-state index < -0.39 is 18.0 Å². The number of hydrogen-bond donors (Lipinski definition) is 3. The van der Waals surface area contributed by atoms with Crippen LogP contribution in [-0.2, 0) is 14.3 Å². The Labute approximate surface area is 124 Å². The molecule has 0 rings (SSSR count). The van der Waals surface area contributed by atoms with E-state index in [1.165, 1.54) is 14.2 Å². The molecule has 8 heteroatoms. The van der Waals surface area contributed by atoms with E-state index in [4.69, 9.17) is 9.84 Å². The summed E-state index contributed by atoms with van der Waals surface area (Å²) in [7, 11) is 2.95. The van der Waals surface area contributed by atoms with E-state index in [0.29, 0.717) is 19.6 Å². The Morgan fingerprint density at radius 2 is 1.95 bits per heavy atom. The van der Waals surface area contributed by atoms with Gasteiger partial charge in [-0.1, -0.05) is 20.3 Å². The van der Waals surface area contributed by atoms with E-state index in [2.05, 4.69) is 10.6 Å². The van der Waals surface area contributed by atoms with Crippen molar-refractivity contribution in [2.75, 3.05) is 33.9 Å². The Morgan fingerprint density at radius 3 is 2.43 bits per heavy atom. The summed E-state index contributed by atoms with van der Waals surface area (Å²) < 4.78 is 4.79. The van der Waals surface area contributed by atoms with Crippen LogP contribution in [0, 0.1) is 5.92 Å². The number of ether oxygens (including phenoxy) is 1. The Bertz CT molecular complexity index is 362. The number of aliphatic carboxylic acids is 1. The maximum absolute atomic E-state index is 11.9. The molecule has 2 atom stereocenters. The van der Waals surface area contributed by atoms with Crippen molar-refractivity contribution < 1.29 is 24.2 Å². The summed E-state index contributed by atoms with van der Waals surface area (Å²) in [5.74, 6) is -1.62. The van der Waals surface area contributed by atoms with Crippen molar-refractivity contribution >= 4 is 17.9 Å². The van der Waals surface area contributed by atoms with Gasteiger partial charge in [0.25, 0.3) is 0 Å². The average molecular weight is 303 g/mol. The topological polar surface area (TPSA) is 108 Å². The van der Waals surface area contributed by atoms with Crippen molar-refractivity contribution in [1.82, 2.24) is 15.5 Å². The van der Waals surface area contributed by atoms with E-state index >= 15 is 0 Å². The molecule has 8 nitrogen and oxygen atoms in total. The van der Waals surface area contributed by atoms with Gasteiger partial charge in [-0.3, -0.25) is 4.79 Å². The highest BCUT2D eigenvalue weighted by molar-refractivity contribution is 5.86. The van der Waals surface area contributed by atoms with E-state index in [1.807, 2.05) is 6.92 Å². The molecule has 0 saturated carbocycles. The number of carbonyl (C=O) groups excluding carboxylic acids is 2. The number of likely N-dealkylation sites (N-methyl/N-ethyl adjacent to an activating group) is 1. The lowest BCUT2D eigenvalue weighted by Crippen LogP contribution is -2.51. The first-order chi connectivity index (χ1) is 9.83. The third-order valence-electron chi connectivity index (χ3n) is 3.11. The van der Waals surface area contributed by atoms with Crippen LogP contribution >= 0.6 is 0 Å². The van der Waals surface area contributed by atoms with Crippen LogP contribution in [0.1, 0.15) is 20.3 Å². The number of nitrogens with zero attached hydrogens (tertiary/aromatic N) is 1. The van der Waals surface area contributed by atoms with Crippen molar-refractivity contribution in [3.63, 3.8) is 0 Å². The molecule has 0 aromatic carbocycles. The van der Waals surface area contributed by atoms with Crippen molar-refractivity contribution in [3.05, 3.63) is 0 Å². The Balaban J connectivity index is 4.36. The van der Waals surface area contributed by atoms with Gasteiger partial charge >= 0.3 is 12.0 Å². The van der Waals surface area contributed by atoms with Gasteiger partial charge in [0.2, 0.25) is 5.91 Å². The molecule has 0 radical (unpaired) electrons. The van der Waals surface area contributed by atoms with Crippen molar-refractivity contribution in [2.24, 2.45) is 5.92 Å². The highest BCUT2D eigenvalue weighted by Gasteiger charge is 2.26. The second kappa shape index (κ2) is 9.98. The molecule has 0 aliphatic carbocycles. The number of carboxylic acid groups (broad SMARTS) is 1.